The molecule has 15 heavy (non-hydrogen) atoms. The molecule has 1 aromatic rings. The molecule has 0 saturated carbocycles. The van der Waals surface area contributed by atoms with Crippen molar-refractivity contribution in [3.05, 3.63) is 35.4 Å². The van der Waals surface area contributed by atoms with Gasteiger partial charge in [0.1, 0.15) is 5.92 Å². The van der Waals surface area contributed by atoms with Crippen LogP contribution >= 0.6 is 0 Å². The molecule has 0 aliphatic rings. The topological polar surface area (TPSA) is 84.9 Å². The number of aromatic carboxylic acids is 1. The Morgan fingerprint density at radius 3 is 2.60 bits per heavy atom. The normalized spacial score (nSPS) is 9.27. The van der Waals surface area contributed by atoms with E-state index in [0.29, 0.717) is 5.56 Å². The van der Waals surface area contributed by atoms with Gasteiger partial charge in [-0.1, -0.05) is 12.1 Å². The fraction of sp³-hybridized carbons (Fsp3) is 0.182. The Bertz CT molecular complexity index is 440. The number of carbonyl (C=O) groups is 1. The fourth-order valence-corrected chi connectivity index (χ4v) is 1.19. The number of carboxylic acids is 1. The van der Waals surface area contributed by atoms with E-state index in [1.807, 2.05) is 12.1 Å². The quantitative estimate of drug-likeness (QED) is 0.802. The molecule has 0 atom stereocenters. The number of rotatable bonds is 3. The standard InChI is InChI=1S/C11H8N2O2/c12-6-9(7-13)4-8-2-1-3-10(5-8)11(14)15/h1-3,5,9H,4H2,(H,14,15). The molecule has 4 heteroatoms. The van der Waals surface area contributed by atoms with E-state index in [1.54, 1.807) is 12.1 Å². The van der Waals surface area contributed by atoms with Crippen LogP contribution in [0.5, 0.6) is 0 Å². The summed E-state index contributed by atoms with van der Waals surface area (Å²) < 4.78 is 0. The zero-order valence-electron chi connectivity index (χ0n) is 7.84. The summed E-state index contributed by atoms with van der Waals surface area (Å²) in [6.07, 6.45) is 0.258. The lowest BCUT2D eigenvalue weighted by molar-refractivity contribution is 0.0697. The van der Waals surface area contributed by atoms with Crippen molar-refractivity contribution < 1.29 is 9.90 Å². The SMILES string of the molecule is N#CC(C#N)Cc1cccc(C(=O)O)c1. The number of hydrogen-bond acceptors (Lipinski definition) is 3. The van der Waals surface area contributed by atoms with Crippen LogP contribution in [0.15, 0.2) is 24.3 Å². The molecule has 0 bridgehead atoms. The van der Waals surface area contributed by atoms with Gasteiger partial charge in [-0.05, 0) is 17.7 Å². The van der Waals surface area contributed by atoms with Crippen molar-refractivity contribution in [1.82, 2.24) is 0 Å². The summed E-state index contributed by atoms with van der Waals surface area (Å²) in [5.41, 5.74) is 0.852. The minimum absolute atomic E-state index is 0.169. The Balaban J connectivity index is 2.89. The summed E-state index contributed by atoms with van der Waals surface area (Å²) in [7, 11) is 0. The first-order chi connectivity index (χ1) is 7.17. The van der Waals surface area contributed by atoms with E-state index in [2.05, 4.69) is 0 Å². The van der Waals surface area contributed by atoms with Gasteiger partial charge in [-0.25, -0.2) is 4.79 Å². The molecule has 1 rings (SSSR count). The Kier molecular flexibility index (Phi) is 3.43. The average molecular weight is 200 g/mol. The highest BCUT2D eigenvalue weighted by Gasteiger charge is 2.08. The summed E-state index contributed by atoms with van der Waals surface area (Å²) in [4.78, 5) is 10.6. The molecule has 0 amide bonds. The first kappa shape index (κ1) is 10.7. The molecule has 0 saturated heterocycles. The van der Waals surface area contributed by atoms with Crippen LogP contribution in [0, 0.1) is 28.6 Å². The molecule has 0 radical (unpaired) electrons. The molecule has 4 nitrogen and oxygen atoms in total. The maximum atomic E-state index is 10.6. The molecule has 0 unspecified atom stereocenters. The second-order valence-electron chi connectivity index (χ2n) is 3.02. The number of nitriles is 2. The lowest BCUT2D eigenvalue weighted by atomic mass is 10.0. The zero-order chi connectivity index (χ0) is 11.3. The molecule has 0 spiro atoms. The van der Waals surface area contributed by atoms with Gasteiger partial charge in [-0.15, -0.1) is 0 Å². The molecular formula is C11H8N2O2. The van der Waals surface area contributed by atoms with Crippen LogP contribution in [0.25, 0.3) is 0 Å². The third-order valence-electron chi connectivity index (χ3n) is 1.93. The molecule has 0 aliphatic heterocycles. The number of hydrogen-bond donors (Lipinski definition) is 1. The molecule has 0 heterocycles. The Hall–Kier alpha value is -2.33. The van der Waals surface area contributed by atoms with Crippen LogP contribution in [-0.2, 0) is 6.42 Å². The number of carboxylic acid groups (broad SMARTS) is 1. The number of benzene rings is 1. The van der Waals surface area contributed by atoms with Crippen molar-refractivity contribution in [1.29, 1.82) is 10.5 Å². The highest BCUT2D eigenvalue weighted by atomic mass is 16.4. The zero-order valence-corrected chi connectivity index (χ0v) is 7.84. The van der Waals surface area contributed by atoms with Crippen molar-refractivity contribution in [3.63, 3.8) is 0 Å². The smallest absolute Gasteiger partial charge is 0.335 e. The fourth-order valence-electron chi connectivity index (χ4n) is 1.19. The van der Waals surface area contributed by atoms with Crippen molar-refractivity contribution in [2.24, 2.45) is 5.92 Å². The highest BCUT2D eigenvalue weighted by molar-refractivity contribution is 5.87. The van der Waals surface area contributed by atoms with E-state index in [4.69, 9.17) is 15.6 Å². The van der Waals surface area contributed by atoms with Crippen LogP contribution in [0.2, 0.25) is 0 Å². The van der Waals surface area contributed by atoms with Crippen molar-refractivity contribution >= 4 is 5.97 Å². The maximum Gasteiger partial charge on any atom is 0.335 e. The molecule has 0 aromatic heterocycles. The van der Waals surface area contributed by atoms with Gasteiger partial charge in [0.25, 0.3) is 0 Å². The predicted octanol–water partition coefficient (Wildman–Crippen LogP) is 1.59. The number of nitrogens with zero attached hydrogens (tertiary/aromatic N) is 2. The molecule has 74 valence electrons. The van der Waals surface area contributed by atoms with E-state index in [0.717, 1.165) is 0 Å². The van der Waals surface area contributed by atoms with Crippen LogP contribution in [0.1, 0.15) is 15.9 Å². The highest BCUT2D eigenvalue weighted by Crippen LogP contribution is 2.10. The maximum absolute atomic E-state index is 10.6. The Labute approximate surface area is 87.0 Å². The average Bonchev–Trinajstić information content (AvgIpc) is 2.26. The van der Waals surface area contributed by atoms with Gasteiger partial charge in [-0.3, -0.25) is 0 Å². The minimum atomic E-state index is -1.01. The lowest BCUT2D eigenvalue weighted by Crippen LogP contribution is -2.01. The summed E-state index contributed by atoms with van der Waals surface area (Å²) in [5.74, 6) is -1.74. The van der Waals surface area contributed by atoms with Crippen LogP contribution < -0.4 is 0 Å². The van der Waals surface area contributed by atoms with E-state index in [1.165, 1.54) is 12.1 Å². The monoisotopic (exact) mass is 200 g/mol. The Morgan fingerprint density at radius 2 is 2.07 bits per heavy atom. The van der Waals surface area contributed by atoms with Gasteiger partial charge in [0.05, 0.1) is 17.7 Å². The lowest BCUT2D eigenvalue weighted by Gasteiger charge is -2.01. The first-order valence-electron chi connectivity index (χ1n) is 4.29. The molecule has 0 aliphatic carbocycles. The van der Waals surface area contributed by atoms with Gasteiger partial charge >= 0.3 is 5.97 Å². The van der Waals surface area contributed by atoms with Crippen LogP contribution in [-0.4, -0.2) is 11.1 Å². The van der Waals surface area contributed by atoms with Crippen molar-refractivity contribution in [3.8, 4) is 12.1 Å². The second-order valence-corrected chi connectivity index (χ2v) is 3.02. The van der Waals surface area contributed by atoms with E-state index in [-0.39, 0.29) is 12.0 Å². The molecule has 1 N–H and O–H groups in total. The molecular weight excluding hydrogens is 192 g/mol. The van der Waals surface area contributed by atoms with E-state index < -0.39 is 11.9 Å². The second kappa shape index (κ2) is 4.78. The minimum Gasteiger partial charge on any atom is -0.478 e. The van der Waals surface area contributed by atoms with Crippen molar-refractivity contribution in [2.45, 2.75) is 6.42 Å². The summed E-state index contributed by atoms with van der Waals surface area (Å²) >= 11 is 0. The summed E-state index contributed by atoms with van der Waals surface area (Å²) in [6.45, 7) is 0. The molecule has 0 fully saturated rings. The van der Waals surface area contributed by atoms with Gasteiger partial charge in [-0.2, -0.15) is 10.5 Å². The summed E-state index contributed by atoms with van der Waals surface area (Å²) in [5, 5.41) is 25.9. The third-order valence-corrected chi connectivity index (χ3v) is 1.93. The third kappa shape index (κ3) is 2.82. The molecule has 1 aromatic carbocycles. The van der Waals surface area contributed by atoms with Crippen LogP contribution in [0.3, 0.4) is 0 Å². The largest absolute Gasteiger partial charge is 0.478 e. The first-order valence-corrected chi connectivity index (χ1v) is 4.29. The Morgan fingerprint density at radius 1 is 1.40 bits per heavy atom. The van der Waals surface area contributed by atoms with Gasteiger partial charge in [0.15, 0.2) is 0 Å². The van der Waals surface area contributed by atoms with Gasteiger partial charge in [0, 0.05) is 6.42 Å². The van der Waals surface area contributed by atoms with Crippen LogP contribution in [0.4, 0.5) is 0 Å². The van der Waals surface area contributed by atoms with Gasteiger partial charge < -0.3 is 5.11 Å². The van der Waals surface area contributed by atoms with E-state index >= 15 is 0 Å². The van der Waals surface area contributed by atoms with E-state index in [9.17, 15) is 4.79 Å². The van der Waals surface area contributed by atoms with Crippen molar-refractivity contribution in [2.75, 3.05) is 0 Å². The summed E-state index contributed by atoms with van der Waals surface area (Å²) in [6, 6.07) is 9.93. The van der Waals surface area contributed by atoms with Gasteiger partial charge in [0.2, 0.25) is 0 Å². The predicted molar refractivity (Wildman–Crippen MR) is 51.8 cm³/mol.